The third kappa shape index (κ3) is 15.3. The van der Waals surface area contributed by atoms with Crippen LogP contribution in [-0.4, -0.2) is 60.5 Å². The first-order valence-electron chi connectivity index (χ1n) is 36.8. The highest BCUT2D eigenvalue weighted by atomic mass is 16.3. The lowest BCUT2D eigenvalue weighted by atomic mass is 9.84. The van der Waals surface area contributed by atoms with E-state index in [1.54, 1.807) is 37.2 Å². The van der Waals surface area contributed by atoms with Crippen molar-refractivity contribution in [2.75, 3.05) is 0 Å². The van der Waals surface area contributed by atoms with Crippen LogP contribution < -0.4 is 0 Å². The van der Waals surface area contributed by atoms with Gasteiger partial charge in [-0.1, -0.05) is 161 Å². The van der Waals surface area contributed by atoms with Crippen LogP contribution >= 0.6 is 0 Å². The summed E-state index contributed by atoms with van der Waals surface area (Å²) in [5, 5.41) is 87.5. The second-order valence-electron chi connectivity index (χ2n) is 34.9. The van der Waals surface area contributed by atoms with Gasteiger partial charge in [-0.25, -0.2) is 0 Å². The Morgan fingerprint density at radius 1 is 0.176 bits per heavy atom. The van der Waals surface area contributed by atoms with Crippen molar-refractivity contribution in [3.8, 4) is 34.5 Å². The molecule has 14 aromatic rings. The molecule has 18 bridgehead atoms. The molecular weight excluding hydrogens is 1330 g/mol. The quantitative estimate of drug-likeness (QED) is 0.0841. The molecule has 0 saturated carbocycles. The highest BCUT2D eigenvalue weighted by molar-refractivity contribution is 6.10. The van der Waals surface area contributed by atoms with Crippen LogP contribution in [0.2, 0.25) is 0 Å². The highest BCUT2D eigenvalue weighted by Gasteiger charge is 2.24. The molecule has 12 heteroatoms. The summed E-state index contributed by atoms with van der Waals surface area (Å²) in [7, 11) is 0. The first kappa shape index (κ1) is 74.5. The molecule has 3 heterocycles. The lowest BCUT2D eigenvalue weighted by molar-refractivity contribution is 0.485. The van der Waals surface area contributed by atoms with Gasteiger partial charge in [0.25, 0.3) is 0 Å². The molecule has 0 amide bonds. The van der Waals surface area contributed by atoms with E-state index in [1.165, 1.54) is 0 Å². The van der Waals surface area contributed by atoms with Crippen molar-refractivity contribution in [2.45, 2.75) is 157 Å². The van der Waals surface area contributed by atoms with E-state index >= 15 is 0 Å². The van der Waals surface area contributed by atoms with Gasteiger partial charge in [-0.2, -0.15) is 0 Å². The number of fused-ring (bicyclic) bond motifs is 6. The molecule has 0 atom stereocenters. The van der Waals surface area contributed by atoms with Gasteiger partial charge in [0.1, 0.15) is 34.5 Å². The van der Waals surface area contributed by atoms with Crippen LogP contribution in [0.25, 0.3) is 130 Å². The van der Waals surface area contributed by atoms with Crippen molar-refractivity contribution in [1.29, 1.82) is 0 Å². The van der Waals surface area contributed by atoms with E-state index in [4.69, 9.17) is 29.9 Å². The number of aromatic hydroxyl groups is 6. The van der Waals surface area contributed by atoms with Crippen LogP contribution in [0, 0.1) is 0 Å². The molecule has 0 fully saturated rings. The average molecular weight is 1430 g/mol. The number of nitrogens with zero attached hydrogens (tertiary/aromatic N) is 6. The molecule has 0 aliphatic rings. The fraction of sp³-hybridized carbons (Fsp3) is 0.250. The molecule has 6 N–H and O–H groups in total. The lowest BCUT2D eigenvalue weighted by Gasteiger charge is -2.21. The summed E-state index contributed by atoms with van der Waals surface area (Å²) in [4.78, 5) is 30.7. The Labute approximate surface area is 631 Å². The third-order valence-electron chi connectivity index (χ3n) is 20.5. The van der Waals surface area contributed by atoms with E-state index in [0.717, 1.165) is 33.4 Å². The first-order valence-corrected chi connectivity index (χ1v) is 36.8. The van der Waals surface area contributed by atoms with E-state index in [2.05, 4.69) is 125 Å². The van der Waals surface area contributed by atoms with Gasteiger partial charge in [-0.05, 0) is 244 Å². The maximum Gasteiger partial charge on any atom is 0.132 e. The van der Waals surface area contributed by atoms with Crippen LogP contribution in [0.4, 0.5) is 0 Å². The van der Waals surface area contributed by atoms with Gasteiger partial charge in [0.05, 0.1) is 33.1 Å². The highest BCUT2D eigenvalue weighted by Crippen LogP contribution is 2.45. The Hall–Kier alpha value is -11.8. The van der Waals surface area contributed by atoms with Gasteiger partial charge in [0, 0.05) is 102 Å². The number of hydrogen-bond acceptors (Lipinski definition) is 12. The molecule has 12 nitrogen and oxygen atoms in total. The number of aromatic nitrogens is 6. The molecule has 14 rings (SSSR count). The van der Waals surface area contributed by atoms with Crippen molar-refractivity contribution < 1.29 is 30.6 Å². The van der Waals surface area contributed by atoms with E-state index in [9.17, 15) is 30.6 Å². The Morgan fingerprint density at radius 3 is 0.426 bits per heavy atom. The summed E-state index contributed by atoms with van der Waals surface area (Å²) in [5.41, 5.74) is 5.60. The summed E-state index contributed by atoms with van der Waals surface area (Å²) in [5.74, 6) is -0.352. The zero-order chi connectivity index (χ0) is 77.5. The molecular formula is C96H96N6O6. The van der Waals surface area contributed by atoms with E-state index in [-0.39, 0.29) is 34.5 Å². The number of phenols is 6. The van der Waals surface area contributed by atoms with Crippen LogP contribution in [0.15, 0.2) is 219 Å². The molecule has 3 aromatic heterocycles. The smallest absolute Gasteiger partial charge is 0.132 e. The van der Waals surface area contributed by atoms with Crippen LogP contribution in [0.1, 0.15) is 158 Å². The predicted octanol–water partition coefficient (Wildman–Crippen LogP) is 24.7. The second kappa shape index (κ2) is 27.9. The molecule has 0 aliphatic heterocycles. The molecule has 546 valence electrons. The topological polar surface area (TPSA) is 199 Å². The largest absolute Gasteiger partial charge is 0.507 e. The van der Waals surface area contributed by atoms with Gasteiger partial charge in [0.2, 0.25) is 0 Å². The average Bonchev–Trinajstić information content (AvgIpc) is 0.760. The number of phenolic OH excluding ortho intramolecular Hbond substituents is 6. The number of rotatable bonds is 0. The minimum absolute atomic E-state index is 0.0587. The van der Waals surface area contributed by atoms with Crippen molar-refractivity contribution in [3.05, 3.63) is 253 Å². The van der Waals surface area contributed by atoms with Crippen molar-refractivity contribution in [1.82, 2.24) is 29.9 Å². The zero-order valence-electron chi connectivity index (χ0n) is 65.2. The van der Waals surface area contributed by atoms with Crippen LogP contribution in [0.3, 0.4) is 0 Å². The monoisotopic (exact) mass is 1430 g/mol. The Balaban J connectivity index is 1.38. The maximum atomic E-state index is 13.1. The van der Waals surface area contributed by atoms with E-state index in [0.29, 0.717) is 130 Å². The summed E-state index contributed by atoms with van der Waals surface area (Å²) in [6.07, 6.45) is 9.93. The van der Waals surface area contributed by atoms with E-state index < -0.39 is 32.5 Å². The van der Waals surface area contributed by atoms with Gasteiger partial charge < -0.3 is 30.6 Å². The zero-order valence-corrected chi connectivity index (χ0v) is 65.2. The molecule has 0 aliphatic carbocycles. The van der Waals surface area contributed by atoms with Crippen molar-refractivity contribution >= 4 is 130 Å². The second-order valence-corrected chi connectivity index (χ2v) is 34.9. The van der Waals surface area contributed by atoms with Crippen molar-refractivity contribution in [3.63, 3.8) is 0 Å². The molecule has 108 heavy (non-hydrogen) atoms. The molecule has 0 radical (unpaired) electrons. The Kier molecular flexibility index (Phi) is 19.2. The Bertz CT molecular complexity index is 5370. The predicted molar refractivity (Wildman–Crippen MR) is 451 cm³/mol. The van der Waals surface area contributed by atoms with Gasteiger partial charge in [0.15, 0.2) is 0 Å². The number of benzene rings is 11. The maximum absolute atomic E-state index is 13.1. The SMILES string of the molecule is CC(C)(C)c1cc2cnc3ccccc3ncc3cc(C(C)(C)C)cc(c3O)c3cc4cc(c3)c3cc(C(C)(C)C)cc(cnc5ccccc5ncc5cc(C(C)(C)C)cc(c5O)c5cc(cc(c5)c5cc(C(C)(C)C)cc(cnc6ccccc6ncc6cc(C(C)(C)C)cc4c6O)c5O)c(c1)c2O)c3O. The van der Waals surface area contributed by atoms with Crippen LogP contribution in [-0.2, 0) is 32.5 Å². The Morgan fingerprint density at radius 2 is 0.306 bits per heavy atom. The normalized spacial score (nSPS) is 12.4. The summed E-state index contributed by atoms with van der Waals surface area (Å²) in [6, 6.07) is 57.9. The fourth-order valence-corrected chi connectivity index (χ4v) is 13.5. The molecule has 0 unspecified atom stereocenters. The number of hydrogen-bond donors (Lipinski definition) is 6. The standard InChI is InChI=1S/C96H96N6O6/c1-91(2,3)67-37-61-49-97-79-25-19-20-26-80(79)98-50-64-40-70(94(10,11)12)46-76(88(64)106)58-34-59-36-60(35-58)78-48-72(96(16,17)18)42-66(90(78)108)54-102-84-30-24-22-28-82(84)100-52-63-39-69(93(7,8)9)45-75(87(63)105)57-32-55(73(43-67)85(61)103)31-56(33-57)74-44-68(92(4,5)6)38-62(86(74)104)51-99-81-27-21-23-29-83(81)101-53-65-41-71(95(13,14)15)47-77(59)89(65)107/h19-54,103-108H,1-18H3. The fourth-order valence-electron chi connectivity index (χ4n) is 13.5. The van der Waals surface area contributed by atoms with Gasteiger partial charge in [-0.15, -0.1) is 0 Å². The minimum atomic E-state index is -0.452. The molecule has 11 aromatic carbocycles. The van der Waals surface area contributed by atoms with Crippen LogP contribution in [0.5, 0.6) is 34.5 Å². The first-order chi connectivity index (χ1) is 50.7. The van der Waals surface area contributed by atoms with Gasteiger partial charge >= 0.3 is 0 Å². The summed E-state index contributed by atoms with van der Waals surface area (Å²) in [6.45, 7) is 38.2. The minimum Gasteiger partial charge on any atom is -0.507 e. The number of para-hydroxylation sites is 6. The summed E-state index contributed by atoms with van der Waals surface area (Å²) < 4.78 is 0. The summed E-state index contributed by atoms with van der Waals surface area (Å²) >= 11 is 0. The third-order valence-corrected chi connectivity index (χ3v) is 20.5. The van der Waals surface area contributed by atoms with Gasteiger partial charge in [-0.3, -0.25) is 29.9 Å². The van der Waals surface area contributed by atoms with Crippen molar-refractivity contribution in [2.24, 2.45) is 0 Å². The van der Waals surface area contributed by atoms with E-state index in [1.807, 2.05) is 182 Å². The molecule has 0 saturated heterocycles. The molecule has 0 spiro atoms. The lowest BCUT2D eigenvalue weighted by Crippen LogP contribution is -2.10.